The van der Waals surface area contributed by atoms with E-state index in [2.05, 4.69) is 27.3 Å². The van der Waals surface area contributed by atoms with Crippen LogP contribution < -0.4 is 0 Å². The summed E-state index contributed by atoms with van der Waals surface area (Å²) in [7, 11) is 1.33. The van der Waals surface area contributed by atoms with Gasteiger partial charge in [0.2, 0.25) is 0 Å². The summed E-state index contributed by atoms with van der Waals surface area (Å²) < 4.78 is 18.6. The maximum Gasteiger partial charge on any atom is 0.305 e. The minimum absolute atomic E-state index is 0.216. The molecule has 0 aliphatic rings. The lowest BCUT2D eigenvalue weighted by Gasteiger charge is -2.02. The van der Waals surface area contributed by atoms with Crippen molar-refractivity contribution in [2.24, 2.45) is 0 Å². The molecule has 0 unspecified atom stereocenters. The number of aryl methyl sites for hydroxylation is 1. The van der Waals surface area contributed by atoms with E-state index in [1.165, 1.54) is 13.2 Å². The third kappa shape index (κ3) is 3.25. The summed E-state index contributed by atoms with van der Waals surface area (Å²) in [6.45, 7) is 0. The Bertz CT molecular complexity index is 339. The van der Waals surface area contributed by atoms with Crippen molar-refractivity contribution in [1.82, 2.24) is 0 Å². The lowest BCUT2D eigenvalue weighted by Crippen LogP contribution is -2.03. The fourth-order valence-corrected chi connectivity index (χ4v) is 1.63. The van der Waals surface area contributed by atoms with E-state index in [-0.39, 0.29) is 18.2 Å². The van der Waals surface area contributed by atoms with Gasteiger partial charge in [-0.3, -0.25) is 4.79 Å². The summed E-state index contributed by atoms with van der Waals surface area (Å²) >= 11 is 2.11. The van der Waals surface area contributed by atoms with E-state index in [0.29, 0.717) is 12.0 Å². The number of ether oxygens (including phenoxy) is 1. The van der Waals surface area contributed by atoms with Crippen LogP contribution in [0.3, 0.4) is 0 Å². The van der Waals surface area contributed by atoms with Crippen molar-refractivity contribution in [3.8, 4) is 0 Å². The Kier molecular flexibility index (Phi) is 4.31. The van der Waals surface area contributed by atoms with E-state index >= 15 is 0 Å². The predicted octanol–water partition coefficient (Wildman–Crippen LogP) is 2.54. The van der Waals surface area contributed by atoms with Gasteiger partial charge in [0.1, 0.15) is 5.82 Å². The second kappa shape index (κ2) is 5.29. The highest BCUT2D eigenvalue weighted by atomic mass is 127. The number of esters is 1. The van der Waals surface area contributed by atoms with Crippen LogP contribution in [0.5, 0.6) is 0 Å². The van der Waals surface area contributed by atoms with Crippen molar-refractivity contribution >= 4 is 28.6 Å². The van der Waals surface area contributed by atoms with E-state index in [9.17, 15) is 9.18 Å². The minimum Gasteiger partial charge on any atom is -0.469 e. The Morgan fingerprint density at radius 1 is 1.57 bits per heavy atom. The first-order valence-corrected chi connectivity index (χ1v) is 5.22. The third-order valence-corrected chi connectivity index (χ3v) is 2.50. The van der Waals surface area contributed by atoms with Gasteiger partial charge in [-0.15, -0.1) is 0 Å². The highest BCUT2D eigenvalue weighted by molar-refractivity contribution is 14.1. The van der Waals surface area contributed by atoms with Crippen LogP contribution in [0.4, 0.5) is 4.39 Å². The predicted molar refractivity (Wildman–Crippen MR) is 59.5 cm³/mol. The van der Waals surface area contributed by atoms with Crippen LogP contribution in [0.2, 0.25) is 0 Å². The van der Waals surface area contributed by atoms with Gasteiger partial charge >= 0.3 is 5.97 Å². The van der Waals surface area contributed by atoms with Crippen molar-refractivity contribution in [2.45, 2.75) is 12.8 Å². The zero-order chi connectivity index (χ0) is 10.6. The maximum atomic E-state index is 13.2. The molecule has 0 bridgehead atoms. The van der Waals surface area contributed by atoms with Gasteiger partial charge in [-0.2, -0.15) is 0 Å². The molecular weight excluding hydrogens is 298 g/mol. The molecule has 0 atom stereocenters. The van der Waals surface area contributed by atoms with Crippen LogP contribution >= 0.6 is 22.6 Å². The molecule has 1 rings (SSSR count). The summed E-state index contributed by atoms with van der Waals surface area (Å²) in [4.78, 5) is 10.8. The first kappa shape index (κ1) is 11.4. The van der Waals surface area contributed by atoms with Gasteiger partial charge in [0.15, 0.2) is 0 Å². The quantitative estimate of drug-likeness (QED) is 0.633. The summed E-state index contributed by atoms with van der Waals surface area (Å²) in [6.07, 6.45) is 0.600. The molecule has 0 spiro atoms. The van der Waals surface area contributed by atoms with E-state index in [1.54, 1.807) is 12.1 Å². The number of hydrogen-bond acceptors (Lipinski definition) is 2. The van der Waals surface area contributed by atoms with Crippen molar-refractivity contribution in [3.05, 3.63) is 33.1 Å². The zero-order valence-corrected chi connectivity index (χ0v) is 9.88. The Morgan fingerprint density at radius 2 is 2.29 bits per heavy atom. The zero-order valence-electron chi connectivity index (χ0n) is 7.72. The minimum atomic E-state index is -0.316. The van der Waals surface area contributed by atoms with Gasteiger partial charge in [0.25, 0.3) is 0 Å². The van der Waals surface area contributed by atoms with E-state index in [4.69, 9.17) is 0 Å². The van der Waals surface area contributed by atoms with Gasteiger partial charge in [-0.1, -0.05) is 0 Å². The summed E-state index contributed by atoms with van der Waals surface area (Å²) in [5.74, 6) is -0.586. The third-order valence-electron chi connectivity index (χ3n) is 1.83. The average Bonchev–Trinajstić information content (AvgIpc) is 2.19. The molecule has 0 aromatic heterocycles. The number of benzene rings is 1. The van der Waals surface area contributed by atoms with Crippen molar-refractivity contribution in [2.75, 3.05) is 7.11 Å². The molecule has 0 saturated carbocycles. The molecule has 1 aromatic carbocycles. The number of carbonyl (C=O) groups excluding carboxylic acids is 1. The van der Waals surface area contributed by atoms with Gasteiger partial charge in [-0.25, -0.2) is 4.39 Å². The molecule has 1 aromatic rings. The topological polar surface area (TPSA) is 26.3 Å². The molecule has 14 heavy (non-hydrogen) atoms. The summed E-state index contributed by atoms with van der Waals surface area (Å²) in [5, 5.41) is 0. The van der Waals surface area contributed by atoms with Crippen LogP contribution in [0.1, 0.15) is 12.0 Å². The average molecular weight is 308 g/mol. The molecule has 76 valence electrons. The SMILES string of the molecule is COC(=O)CCc1cc(I)ccc1F. The molecule has 0 fully saturated rings. The number of halogens is 2. The normalized spacial score (nSPS) is 9.93. The summed E-state index contributed by atoms with van der Waals surface area (Å²) in [5.41, 5.74) is 0.558. The Balaban J connectivity index is 2.66. The van der Waals surface area contributed by atoms with Crippen LogP contribution in [0.25, 0.3) is 0 Å². The van der Waals surface area contributed by atoms with Gasteiger partial charge in [0.05, 0.1) is 7.11 Å². The van der Waals surface area contributed by atoms with E-state index in [0.717, 1.165) is 3.57 Å². The smallest absolute Gasteiger partial charge is 0.305 e. The second-order valence-electron chi connectivity index (χ2n) is 2.81. The second-order valence-corrected chi connectivity index (χ2v) is 4.06. The van der Waals surface area contributed by atoms with Crippen LogP contribution in [0, 0.1) is 9.39 Å². The Morgan fingerprint density at radius 3 is 2.93 bits per heavy atom. The first-order valence-electron chi connectivity index (χ1n) is 4.14. The standard InChI is InChI=1S/C10H10FIO2/c1-14-10(13)5-2-7-6-8(12)3-4-9(7)11/h3-4,6H,2,5H2,1H3. The molecule has 0 N–H and O–H groups in total. The molecular formula is C10H10FIO2. The highest BCUT2D eigenvalue weighted by Gasteiger charge is 2.06. The van der Waals surface area contributed by atoms with Crippen LogP contribution in [0.15, 0.2) is 18.2 Å². The van der Waals surface area contributed by atoms with E-state index in [1.807, 2.05) is 0 Å². The van der Waals surface area contributed by atoms with Gasteiger partial charge < -0.3 is 4.74 Å². The van der Waals surface area contributed by atoms with Gasteiger partial charge in [-0.05, 0) is 52.8 Å². The molecule has 4 heteroatoms. The molecule has 0 saturated heterocycles. The maximum absolute atomic E-state index is 13.2. The molecule has 0 aliphatic heterocycles. The lowest BCUT2D eigenvalue weighted by molar-refractivity contribution is -0.140. The van der Waals surface area contributed by atoms with Crippen LogP contribution in [-0.2, 0) is 16.0 Å². The number of rotatable bonds is 3. The molecule has 2 nitrogen and oxygen atoms in total. The molecule has 0 amide bonds. The molecule has 0 heterocycles. The van der Waals surface area contributed by atoms with Crippen molar-refractivity contribution in [1.29, 1.82) is 0 Å². The van der Waals surface area contributed by atoms with E-state index < -0.39 is 0 Å². The molecule has 0 radical (unpaired) electrons. The first-order chi connectivity index (χ1) is 6.63. The summed E-state index contributed by atoms with van der Waals surface area (Å²) in [6, 6.07) is 4.84. The largest absolute Gasteiger partial charge is 0.469 e. The number of methoxy groups -OCH3 is 1. The fraction of sp³-hybridized carbons (Fsp3) is 0.300. The van der Waals surface area contributed by atoms with Crippen molar-refractivity contribution in [3.63, 3.8) is 0 Å². The lowest BCUT2D eigenvalue weighted by atomic mass is 10.1. The van der Waals surface area contributed by atoms with Crippen molar-refractivity contribution < 1.29 is 13.9 Å². The fourth-order valence-electron chi connectivity index (χ4n) is 1.07. The Hall–Kier alpha value is -0.650. The monoisotopic (exact) mass is 308 g/mol. The molecule has 0 aliphatic carbocycles. The Labute approximate surface area is 95.6 Å². The number of hydrogen-bond donors (Lipinski definition) is 0. The highest BCUT2D eigenvalue weighted by Crippen LogP contribution is 2.14. The van der Waals surface area contributed by atoms with Gasteiger partial charge in [0, 0.05) is 9.99 Å². The number of carbonyl (C=O) groups is 1. The van der Waals surface area contributed by atoms with Crippen LogP contribution in [-0.4, -0.2) is 13.1 Å².